The first-order chi connectivity index (χ1) is 11.9. The van der Waals surface area contributed by atoms with E-state index in [-0.39, 0.29) is 0 Å². The summed E-state index contributed by atoms with van der Waals surface area (Å²) in [7, 11) is 0. The van der Waals surface area contributed by atoms with Gasteiger partial charge in [0.2, 0.25) is 0 Å². The summed E-state index contributed by atoms with van der Waals surface area (Å²) in [6.45, 7) is 5.69. The predicted molar refractivity (Wildman–Crippen MR) is 95.0 cm³/mol. The van der Waals surface area contributed by atoms with Gasteiger partial charge in [0, 0.05) is 0 Å². The molecule has 0 heterocycles. The molecular weight excluding hydrogens is 316 g/mol. The lowest BCUT2D eigenvalue weighted by molar-refractivity contribution is -0.130. The SMILES string of the molecule is CC(C)c1ccc(C(=O)O[C@@H](C)C(=O)NC2(C#N)CCCCC2)cc1. The van der Waals surface area contributed by atoms with Gasteiger partial charge in [-0.1, -0.05) is 45.2 Å². The van der Waals surface area contributed by atoms with E-state index >= 15 is 0 Å². The number of nitriles is 1. The van der Waals surface area contributed by atoms with E-state index in [1.54, 1.807) is 12.1 Å². The highest BCUT2D eigenvalue weighted by molar-refractivity contribution is 5.92. The molecule has 0 unspecified atom stereocenters. The number of hydrogen-bond donors (Lipinski definition) is 1. The molecule has 25 heavy (non-hydrogen) atoms. The number of esters is 1. The van der Waals surface area contributed by atoms with Crippen molar-refractivity contribution in [3.8, 4) is 6.07 Å². The number of carbonyl (C=O) groups excluding carboxylic acids is 2. The van der Waals surface area contributed by atoms with E-state index in [0.29, 0.717) is 24.3 Å². The van der Waals surface area contributed by atoms with Crippen LogP contribution >= 0.6 is 0 Å². The number of benzene rings is 1. The molecule has 0 radical (unpaired) electrons. The molecule has 1 aliphatic rings. The first-order valence-electron chi connectivity index (χ1n) is 8.91. The second kappa shape index (κ2) is 8.15. The van der Waals surface area contributed by atoms with Crippen molar-refractivity contribution >= 4 is 11.9 Å². The first kappa shape index (κ1) is 19.0. The monoisotopic (exact) mass is 342 g/mol. The average Bonchev–Trinajstić information content (AvgIpc) is 2.62. The highest BCUT2D eigenvalue weighted by Crippen LogP contribution is 2.27. The molecule has 2 rings (SSSR count). The second-order valence-corrected chi connectivity index (χ2v) is 7.07. The van der Waals surface area contributed by atoms with Crippen LogP contribution in [0.4, 0.5) is 0 Å². The van der Waals surface area contributed by atoms with Gasteiger partial charge in [0.25, 0.3) is 5.91 Å². The number of ether oxygens (including phenoxy) is 1. The maximum atomic E-state index is 12.3. The summed E-state index contributed by atoms with van der Waals surface area (Å²) in [6.07, 6.45) is 3.27. The number of rotatable bonds is 5. The van der Waals surface area contributed by atoms with Gasteiger partial charge in [0.1, 0.15) is 5.54 Å². The highest BCUT2D eigenvalue weighted by atomic mass is 16.5. The van der Waals surface area contributed by atoms with E-state index in [1.165, 1.54) is 6.92 Å². The van der Waals surface area contributed by atoms with Gasteiger partial charge in [-0.3, -0.25) is 4.79 Å². The van der Waals surface area contributed by atoms with Crippen molar-refractivity contribution in [1.82, 2.24) is 5.32 Å². The molecule has 0 saturated heterocycles. The third kappa shape index (κ3) is 4.82. The lowest BCUT2D eigenvalue weighted by Gasteiger charge is -2.32. The standard InChI is InChI=1S/C20H26N2O3/c1-14(2)16-7-9-17(10-8-16)19(24)25-15(3)18(23)22-20(13-21)11-5-4-6-12-20/h7-10,14-15H,4-6,11-12H2,1-3H3,(H,22,23)/t15-/m0/s1. The molecule has 1 atom stereocenters. The third-order valence-electron chi connectivity index (χ3n) is 4.75. The number of carbonyl (C=O) groups is 2. The van der Waals surface area contributed by atoms with Gasteiger partial charge in [-0.05, 0) is 43.4 Å². The number of hydrogen-bond acceptors (Lipinski definition) is 4. The lowest BCUT2D eigenvalue weighted by Crippen LogP contribution is -2.52. The predicted octanol–water partition coefficient (Wildman–Crippen LogP) is 3.70. The van der Waals surface area contributed by atoms with Crippen LogP contribution in [0.5, 0.6) is 0 Å². The molecule has 1 aliphatic carbocycles. The summed E-state index contributed by atoms with van der Waals surface area (Å²) in [4.78, 5) is 24.6. The van der Waals surface area contributed by atoms with Crippen LogP contribution in [0.3, 0.4) is 0 Å². The van der Waals surface area contributed by atoms with E-state index in [9.17, 15) is 14.9 Å². The number of nitrogens with one attached hydrogen (secondary N) is 1. The van der Waals surface area contributed by atoms with Gasteiger partial charge in [-0.2, -0.15) is 5.26 Å². The van der Waals surface area contributed by atoms with Crippen LogP contribution in [0, 0.1) is 11.3 Å². The van der Waals surface area contributed by atoms with Crippen LogP contribution < -0.4 is 5.32 Å². The van der Waals surface area contributed by atoms with Crippen LogP contribution in [0.25, 0.3) is 0 Å². The molecule has 1 fully saturated rings. The lowest BCUT2D eigenvalue weighted by atomic mass is 9.83. The van der Waals surface area contributed by atoms with E-state index in [1.807, 2.05) is 12.1 Å². The maximum Gasteiger partial charge on any atom is 0.338 e. The van der Waals surface area contributed by atoms with Crippen LogP contribution in [-0.4, -0.2) is 23.5 Å². The van der Waals surface area contributed by atoms with Crippen LogP contribution in [0.1, 0.15) is 74.7 Å². The molecule has 1 aromatic rings. The molecule has 0 aromatic heterocycles. The van der Waals surface area contributed by atoms with Crippen LogP contribution in [0.2, 0.25) is 0 Å². The molecule has 5 heteroatoms. The van der Waals surface area contributed by atoms with Gasteiger partial charge in [0.05, 0.1) is 11.6 Å². The zero-order valence-corrected chi connectivity index (χ0v) is 15.2. The van der Waals surface area contributed by atoms with Gasteiger partial charge in [0.15, 0.2) is 6.10 Å². The minimum atomic E-state index is -0.940. The Hall–Kier alpha value is -2.35. The highest BCUT2D eigenvalue weighted by Gasteiger charge is 2.35. The minimum Gasteiger partial charge on any atom is -0.449 e. The Balaban J connectivity index is 1.95. The molecule has 1 N–H and O–H groups in total. The minimum absolute atomic E-state index is 0.382. The average molecular weight is 342 g/mol. The van der Waals surface area contributed by atoms with Crippen molar-refractivity contribution in [2.24, 2.45) is 0 Å². The van der Waals surface area contributed by atoms with Gasteiger partial charge < -0.3 is 10.1 Å². The van der Waals surface area contributed by atoms with Gasteiger partial charge in [-0.15, -0.1) is 0 Å². The van der Waals surface area contributed by atoms with Crippen molar-refractivity contribution in [2.75, 3.05) is 0 Å². The molecule has 0 bridgehead atoms. The smallest absolute Gasteiger partial charge is 0.338 e. The summed E-state index contributed by atoms with van der Waals surface area (Å²) in [5, 5.41) is 12.2. The van der Waals surface area contributed by atoms with Crippen molar-refractivity contribution in [3.63, 3.8) is 0 Å². The van der Waals surface area contributed by atoms with E-state index in [2.05, 4.69) is 25.2 Å². The first-order valence-corrected chi connectivity index (χ1v) is 8.91. The Labute approximate surface area is 149 Å². The summed E-state index contributed by atoms with van der Waals surface area (Å²) in [5.41, 5.74) is 0.724. The largest absolute Gasteiger partial charge is 0.449 e. The van der Waals surface area contributed by atoms with Crippen molar-refractivity contribution < 1.29 is 14.3 Å². The molecule has 0 spiro atoms. The number of amides is 1. The Morgan fingerprint density at radius 3 is 2.24 bits per heavy atom. The summed E-state index contributed by atoms with van der Waals surface area (Å²) in [5.74, 6) is -0.573. The van der Waals surface area contributed by atoms with Gasteiger partial charge >= 0.3 is 5.97 Å². The molecule has 1 saturated carbocycles. The second-order valence-electron chi connectivity index (χ2n) is 7.07. The maximum absolute atomic E-state index is 12.3. The van der Waals surface area contributed by atoms with E-state index in [0.717, 1.165) is 24.8 Å². The fourth-order valence-corrected chi connectivity index (χ4v) is 3.04. The van der Waals surface area contributed by atoms with Crippen LogP contribution in [-0.2, 0) is 9.53 Å². The Morgan fingerprint density at radius 2 is 1.72 bits per heavy atom. The Kier molecular flexibility index (Phi) is 6.19. The zero-order chi connectivity index (χ0) is 18.4. The van der Waals surface area contributed by atoms with Crippen molar-refractivity contribution in [2.45, 2.75) is 70.4 Å². The summed E-state index contributed by atoms with van der Waals surface area (Å²) < 4.78 is 5.27. The molecule has 134 valence electrons. The Bertz CT molecular complexity index is 653. The zero-order valence-electron chi connectivity index (χ0n) is 15.2. The third-order valence-corrected chi connectivity index (χ3v) is 4.75. The van der Waals surface area contributed by atoms with E-state index < -0.39 is 23.5 Å². The fraction of sp³-hybridized carbons (Fsp3) is 0.550. The topological polar surface area (TPSA) is 79.2 Å². The van der Waals surface area contributed by atoms with Crippen molar-refractivity contribution in [3.05, 3.63) is 35.4 Å². The molecule has 1 amide bonds. The number of nitrogens with zero attached hydrogens (tertiary/aromatic N) is 1. The van der Waals surface area contributed by atoms with Crippen molar-refractivity contribution in [1.29, 1.82) is 5.26 Å². The quantitative estimate of drug-likeness (QED) is 0.828. The van der Waals surface area contributed by atoms with E-state index in [4.69, 9.17) is 4.74 Å². The molecule has 0 aliphatic heterocycles. The fourth-order valence-electron chi connectivity index (χ4n) is 3.04. The summed E-state index contributed by atoms with van der Waals surface area (Å²) >= 11 is 0. The normalized spacial score (nSPS) is 17.4. The molecule has 5 nitrogen and oxygen atoms in total. The van der Waals surface area contributed by atoms with Crippen LogP contribution in [0.15, 0.2) is 24.3 Å². The Morgan fingerprint density at radius 1 is 1.12 bits per heavy atom. The molecular formula is C20H26N2O3. The molecule has 1 aromatic carbocycles. The summed E-state index contributed by atoms with van der Waals surface area (Å²) in [6, 6.07) is 9.42. The van der Waals surface area contributed by atoms with Gasteiger partial charge in [-0.25, -0.2) is 4.79 Å².